The summed E-state index contributed by atoms with van der Waals surface area (Å²) in [7, 11) is 3.67. The van der Waals surface area contributed by atoms with Crippen molar-refractivity contribution in [2.24, 2.45) is 7.05 Å². The Balaban J connectivity index is 1.36. The number of aryl methyl sites for hydroxylation is 1. The van der Waals surface area contributed by atoms with Crippen LogP contribution in [-0.4, -0.2) is 57.8 Å². The fourth-order valence-electron chi connectivity index (χ4n) is 5.55. The third-order valence-electron chi connectivity index (χ3n) is 7.96. The Bertz CT molecular complexity index is 1730. The van der Waals surface area contributed by atoms with Crippen molar-refractivity contribution in [1.82, 2.24) is 24.6 Å². The van der Waals surface area contributed by atoms with E-state index in [1.54, 1.807) is 31.3 Å². The molecule has 0 aliphatic carbocycles. The average Bonchev–Trinajstić information content (AvgIpc) is 3.65. The van der Waals surface area contributed by atoms with Crippen LogP contribution in [0.1, 0.15) is 31.0 Å². The standard InChI is InChI=1S/C33H33F3N6O/c1-21(2)25-7-5-6-8-26(25)24-13-14-28(42-17-15-40(3)16-18-42)27(19-24)32-38-30(39-43-32)22-9-11-23(12-10-22)31-37-29(20-41(31)4)33(34,35)36/h5-14,19-21H,15-18H2,1-4H3. The van der Waals surface area contributed by atoms with Gasteiger partial charge in [0, 0.05) is 56.2 Å². The summed E-state index contributed by atoms with van der Waals surface area (Å²) in [6.45, 7) is 8.07. The number of nitrogens with zero attached hydrogens (tertiary/aromatic N) is 6. The number of rotatable bonds is 6. The van der Waals surface area contributed by atoms with Gasteiger partial charge in [0.25, 0.3) is 5.89 Å². The molecule has 6 rings (SSSR count). The summed E-state index contributed by atoms with van der Waals surface area (Å²) in [6.07, 6.45) is -3.52. The molecular formula is C33H33F3N6O. The highest BCUT2D eigenvalue weighted by Gasteiger charge is 2.34. The van der Waals surface area contributed by atoms with Crippen LogP contribution >= 0.6 is 0 Å². The molecule has 0 bridgehead atoms. The molecule has 3 aromatic carbocycles. The van der Waals surface area contributed by atoms with Gasteiger partial charge in [-0.15, -0.1) is 0 Å². The van der Waals surface area contributed by atoms with E-state index in [4.69, 9.17) is 9.51 Å². The molecule has 0 N–H and O–H groups in total. The molecule has 7 nitrogen and oxygen atoms in total. The third kappa shape index (κ3) is 5.79. The molecule has 0 unspecified atom stereocenters. The number of aromatic nitrogens is 4. The number of hydrogen-bond donors (Lipinski definition) is 0. The van der Waals surface area contributed by atoms with E-state index < -0.39 is 11.9 Å². The second-order valence-corrected chi connectivity index (χ2v) is 11.3. The summed E-state index contributed by atoms with van der Waals surface area (Å²) in [5.41, 5.74) is 5.74. The SMILES string of the molecule is CC(C)c1ccccc1-c1ccc(N2CCN(C)CC2)c(-c2nc(-c3ccc(-c4nc(C(F)(F)F)cn4C)cc3)no2)c1. The minimum absolute atomic E-state index is 0.225. The Hall–Kier alpha value is -4.44. The van der Waals surface area contributed by atoms with Crippen molar-refractivity contribution in [3.8, 4) is 45.4 Å². The van der Waals surface area contributed by atoms with Crippen LogP contribution in [0.2, 0.25) is 0 Å². The van der Waals surface area contributed by atoms with Crippen LogP contribution in [0, 0.1) is 0 Å². The Morgan fingerprint density at radius 1 is 0.791 bits per heavy atom. The molecule has 10 heteroatoms. The second-order valence-electron chi connectivity index (χ2n) is 11.3. The minimum Gasteiger partial charge on any atom is -0.368 e. The zero-order valence-corrected chi connectivity index (χ0v) is 24.6. The smallest absolute Gasteiger partial charge is 0.368 e. The van der Waals surface area contributed by atoms with Crippen LogP contribution in [-0.2, 0) is 13.2 Å². The predicted molar refractivity (Wildman–Crippen MR) is 162 cm³/mol. The van der Waals surface area contributed by atoms with Gasteiger partial charge in [0.15, 0.2) is 5.69 Å². The maximum atomic E-state index is 13.2. The first-order chi connectivity index (χ1) is 20.6. The van der Waals surface area contributed by atoms with Gasteiger partial charge in [-0.1, -0.05) is 73.6 Å². The first kappa shape index (κ1) is 28.7. The van der Waals surface area contributed by atoms with Gasteiger partial charge < -0.3 is 18.9 Å². The highest BCUT2D eigenvalue weighted by Crippen LogP contribution is 2.38. The Morgan fingerprint density at radius 2 is 1.47 bits per heavy atom. The second kappa shape index (κ2) is 11.3. The van der Waals surface area contributed by atoms with Crippen molar-refractivity contribution in [3.05, 3.63) is 84.2 Å². The Kier molecular flexibility index (Phi) is 7.56. The normalized spacial score (nSPS) is 14.6. The number of piperazine rings is 1. The summed E-state index contributed by atoms with van der Waals surface area (Å²) in [6, 6.07) is 21.8. The van der Waals surface area contributed by atoms with E-state index in [2.05, 4.69) is 83.3 Å². The monoisotopic (exact) mass is 586 g/mol. The van der Waals surface area contributed by atoms with E-state index in [1.807, 2.05) is 0 Å². The molecule has 0 spiro atoms. The van der Waals surface area contributed by atoms with Crippen molar-refractivity contribution in [3.63, 3.8) is 0 Å². The summed E-state index contributed by atoms with van der Waals surface area (Å²) in [4.78, 5) is 13.2. The molecule has 1 aliphatic rings. The maximum absolute atomic E-state index is 13.2. The van der Waals surface area contributed by atoms with Crippen molar-refractivity contribution in [2.75, 3.05) is 38.1 Å². The summed E-state index contributed by atoms with van der Waals surface area (Å²) >= 11 is 0. The molecule has 0 amide bonds. The van der Waals surface area contributed by atoms with E-state index in [9.17, 15) is 13.2 Å². The quantitative estimate of drug-likeness (QED) is 0.207. The van der Waals surface area contributed by atoms with Crippen LogP contribution in [0.4, 0.5) is 18.9 Å². The van der Waals surface area contributed by atoms with E-state index >= 15 is 0 Å². The number of likely N-dealkylation sites (N-methyl/N-ethyl adjacent to an activating group) is 1. The molecule has 1 aliphatic heterocycles. The lowest BCUT2D eigenvalue weighted by Gasteiger charge is -2.35. The van der Waals surface area contributed by atoms with Gasteiger partial charge in [0.05, 0.1) is 5.56 Å². The fraction of sp³-hybridized carbons (Fsp3) is 0.303. The molecular weight excluding hydrogens is 553 g/mol. The Labute approximate surface area is 248 Å². The van der Waals surface area contributed by atoms with Crippen LogP contribution in [0.3, 0.4) is 0 Å². The zero-order chi connectivity index (χ0) is 30.3. The maximum Gasteiger partial charge on any atom is 0.434 e. The minimum atomic E-state index is -4.51. The first-order valence-electron chi connectivity index (χ1n) is 14.3. The number of alkyl halides is 3. The molecule has 0 atom stereocenters. The molecule has 222 valence electrons. The van der Waals surface area contributed by atoms with Gasteiger partial charge in [-0.05, 0) is 41.8 Å². The summed E-state index contributed by atoms with van der Waals surface area (Å²) in [5, 5.41) is 4.28. The van der Waals surface area contributed by atoms with Gasteiger partial charge in [0.1, 0.15) is 5.82 Å². The number of anilines is 1. The van der Waals surface area contributed by atoms with Gasteiger partial charge >= 0.3 is 6.18 Å². The topological polar surface area (TPSA) is 63.2 Å². The fourth-order valence-corrected chi connectivity index (χ4v) is 5.55. The third-order valence-corrected chi connectivity index (χ3v) is 7.96. The molecule has 1 saturated heterocycles. The van der Waals surface area contributed by atoms with Crippen molar-refractivity contribution < 1.29 is 17.7 Å². The van der Waals surface area contributed by atoms with E-state index in [-0.39, 0.29) is 5.82 Å². The lowest BCUT2D eigenvalue weighted by molar-refractivity contribution is -0.140. The van der Waals surface area contributed by atoms with Crippen LogP contribution in [0.5, 0.6) is 0 Å². The largest absolute Gasteiger partial charge is 0.434 e. The molecule has 5 aromatic rings. The Morgan fingerprint density at radius 3 is 2.14 bits per heavy atom. The van der Waals surface area contributed by atoms with Gasteiger partial charge in [-0.25, -0.2) is 4.98 Å². The molecule has 43 heavy (non-hydrogen) atoms. The average molecular weight is 587 g/mol. The van der Waals surface area contributed by atoms with E-state index in [1.165, 1.54) is 15.7 Å². The van der Waals surface area contributed by atoms with Crippen molar-refractivity contribution in [2.45, 2.75) is 25.9 Å². The molecule has 0 saturated carbocycles. The van der Waals surface area contributed by atoms with Crippen LogP contribution in [0.25, 0.3) is 45.4 Å². The van der Waals surface area contributed by atoms with E-state index in [0.717, 1.165) is 49.2 Å². The summed E-state index contributed by atoms with van der Waals surface area (Å²) < 4.78 is 46.7. The number of hydrogen-bond acceptors (Lipinski definition) is 6. The molecule has 0 radical (unpaired) electrons. The highest BCUT2D eigenvalue weighted by atomic mass is 19.4. The molecule has 2 aromatic heterocycles. The number of halogens is 3. The predicted octanol–water partition coefficient (Wildman–Crippen LogP) is 7.37. The number of benzene rings is 3. The van der Waals surface area contributed by atoms with Crippen molar-refractivity contribution >= 4 is 5.69 Å². The summed E-state index contributed by atoms with van der Waals surface area (Å²) in [5.74, 6) is 1.40. The lowest BCUT2D eigenvalue weighted by atomic mass is 9.91. The van der Waals surface area contributed by atoms with Crippen molar-refractivity contribution in [1.29, 1.82) is 0 Å². The highest BCUT2D eigenvalue weighted by molar-refractivity contribution is 5.82. The van der Waals surface area contributed by atoms with Gasteiger partial charge in [0.2, 0.25) is 5.82 Å². The first-order valence-corrected chi connectivity index (χ1v) is 14.3. The van der Waals surface area contributed by atoms with E-state index in [0.29, 0.717) is 28.8 Å². The van der Waals surface area contributed by atoms with Crippen LogP contribution < -0.4 is 4.90 Å². The van der Waals surface area contributed by atoms with Crippen LogP contribution in [0.15, 0.2) is 77.4 Å². The molecule has 1 fully saturated rings. The number of imidazole rings is 1. The van der Waals surface area contributed by atoms with Gasteiger partial charge in [-0.2, -0.15) is 18.2 Å². The zero-order valence-electron chi connectivity index (χ0n) is 24.6. The lowest BCUT2D eigenvalue weighted by Crippen LogP contribution is -2.44. The molecule has 3 heterocycles. The van der Waals surface area contributed by atoms with Gasteiger partial charge in [-0.3, -0.25) is 0 Å².